The third-order valence-electron chi connectivity index (χ3n) is 4.22. The van der Waals surface area contributed by atoms with Crippen LogP contribution in [-0.2, 0) is 19.0 Å². The van der Waals surface area contributed by atoms with E-state index in [4.69, 9.17) is 0 Å². The van der Waals surface area contributed by atoms with Crippen LogP contribution in [-0.4, -0.2) is 39.6 Å². The van der Waals surface area contributed by atoms with E-state index in [0.29, 0.717) is 5.92 Å². The Kier molecular flexibility index (Phi) is 4.35. The first-order valence-corrected chi connectivity index (χ1v) is 8.19. The van der Waals surface area contributed by atoms with Crippen LogP contribution in [0, 0.1) is 5.92 Å². The Morgan fingerprint density at radius 2 is 2.00 bits per heavy atom. The lowest BCUT2D eigenvalue weighted by molar-refractivity contribution is 0.381. The SMILES string of the molecule is Cn1cc(CNCC2CN(c3ccc(C(C)(C)C)nn3)C2)cn1. The molecule has 0 radical (unpaired) electrons. The highest BCUT2D eigenvalue weighted by molar-refractivity contribution is 5.41. The molecule has 0 saturated carbocycles. The predicted molar refractivity (Wildman–Crippen MR) is 91.3 cm³/mol. The first kappa shape index (κ1) is 15.9. The molecule has 3 rings (SSSR count). The summed E-state index contributed by atoms with van der Waals surface area (Å²) in [6.07, 6.45) is 3.96. The molecule has 0 atom stereocenters. The van der Waals surface area contributed by atoms with Crippen molar-refractivity contribution in [2.24, 2.45) is 13.0 Å². The molecule has 0 spiro atoms. The van der Waals surface area contributed by atoms with Crippen molar-refractivity contribution in [3.8, 4) is 0 Å². The standard InChI is InChI=1S/C17H26N6/c1-17(2,3)15-5-6-16(21-20-15)23-11-14(12-23)8-18-7-13-9-19-22(4)10-13/h5-6,9-10,14,18H,7-8,11-12H2,1-4H3. The maximum Gasteiger partial charge on any atom is 0.151 e. The third kappa shape index (κ3) is 3.88. The van der Waals surface area contributed by atoms with Gasteiger partial charge in [-0.3, -0.25) is 4.68 Å². The fourth-order valence-electron chi connectivity index (χ4n) is 2.76. The summed E-state index contributed by atoms with van der Waals surface area (Å²) in [5.41, 5.74) is 2.32. The van der Waals surface area contributed by atoms with Crippen LogP contribution in [0.1, 0.15) is 32.0 Å². The molecule has 124 valence electrons. The summed E-state index contributed by atoms with van der Waals surface area (Å²) in [5.74, 6) is 1.66. The van der Waals surface area contributed by atoms with Crippen LogP contribution < -0.4 is 10.2 Å². The van der Waals surface area contributed by atoms with Crippen LogP contribution in [0.25, 0.3) is 0 Å². The third-order valence-corrected chi connectivity index (χ3v) is 4.22. The van der Waals surface area contributed by atoms with Crippen LogP contribution in [0.4, 0.5) is 5.82 Å². The highest BCUT2D eigenvalue weighted by Crippen LogP contribution is 2.24. The highest BCUT2D eigenvalue weighted by atomic mass is 15.3. The van der Waals surface area contributed by atoms with Gasteiger partial charge in [0.1, 0.15) is 0 Å². The van der Waals surface area contributed by atoms with Crippen molar-refractivity contribution in [2.75, 3.05) is 24.5 Å². The average molecular weight is 314 g/mol. The summed E-state index contributed by atoms with van der Waals surface area (Å²) in [6, 6.07) is 4.18. The van der Waals surface area contributed by atoms with Gasteiger partial charge in [-0.2, -0.15) is 10.2 Å². The molecular weight excluding hydrogens is 288 g/mol. The van der Waals surface area contributed by atoms with Gasteiger partial charge >= 0.3 is 0 Å². The number of aromatic nitrogens is 4. The topological polar surface area (TPSA) is 58.9 Å². The van der Waals surface area contributed by atoms with E-state index in [1.165, 1.54) is 5.56 Å². The quantitative estimate of drug-likeness (QED) is 0.911. The van der Waals surface area contributed by atoms with Crippen LogP contribution >= 0.6 is 0 Å². The molecule has 6 heteroatoms. The van der Waals surface area contributed by atoms with Crippen molar-refractivity contribution in [2.45, 2.75) is 32.7 Å². The summed E-state index contributed by atoms with van der Waals surface area (Å²) >= 11 is 0. The van der Waals surface area contributed by atoms with Crippen molar-refractivity contribution >= 4 is 5.82 Å². The molecule has 1 saturated heterocycles. The van der Waals surface area contributed by atoms with Gasteiger partial charge in [-0.25, -0.2) is 0 Å². The summed E-state index contributed by atoms with van der Waals surface area (Å²) in [6.45, 7) is 10.5. The molecule has 23 heavy (non-hydrogen) atoms. The minimum Gasteiger partial charge on any atom is -0.354 e. The molecule has 0 bridgehead atoms. The van der Waals surface area contributed by atoms with E-state index in [-0.39, 0.29) is 5.41 Å². The van der Waals surface area contributed by atoms with E-state index < -0.39 is 0 Å². The molecule has 1 aliphatic heterocycles. The van der Waals surface area contributed by atoms with Crippen molar-refractivity contribution in [3.05, 3.63) is 35.8 Å². The second kappa shape index (κ2) is 6.28. The van der Waals surface area contributed by atoms with E-state index in [9.17, 15) is 0 Å². The van der Waals surface area contributed by atoms with Gasteiger partial charge in [0.25, 0.3) is 0 Å². The summed E-state index contributed by atoms with van der Waals surface area (Å²) < 4.78 is 1.84. The number of rotatable bonds is 5. The Bertz CT molecular complexity index is 634. The number of anilines is 1. The zero-order valence-corrected chi connectivity index (χ0v) is 14.5. The Labute approximate surface area is 137 Å². The zero-order chi connectivity index (χ0) is 16.4. The fraction of sp³-hybridized carbons (Fsp3) is 0.588. The molecule has 2 aromatic rings. The lowest BCUT2D eigenvalue weighted by Gasteiger charge is -2.40. The molecule has 0 unspecified atom stereocenters. The lowest BCUT2D eigenvalue weighted by Crippen LogP contribution is -2.51. The second-order valence-corrected chi connectivity index (χ2v) is 7.45. The zero-order valence-electron chi connectivity index (χ0n) is 14.5. The van der Waals surface area contributed by atoms with Gasteiger partial charge in [0.05, 0.1) is 11.9 Å². The Balaban J connectivity index is 1.42. The largest absolute Gasteiger partial charge is 0.354 e. The van der Waals surface area contributed by atoms with Crippen LogP contribution in [0.3, 0.4) is 0 Å². The maximum atomic E-state index is 4.38. The lowest BCUT2D eigenvalue weighted by atomic mass is 9.92. The van der Waals surface area contributed by atoms with Gasteiger partial charge in [-0.05, 0) is 12.1 Å². The van der Waals surface area contributed by atoms with Crippen molar-refractivity contribution in [1.82, 2.24) is 25.3 Å². The summed E-state index contributed by atoms with van der Waals surface area (Å²) in [4.78, 5) is 2.29. The van der Waals surface area contributed by atoms with Crippen LogP contribution in [0.5, 0.6) is 0 Å². The fourth-order valence-corrected chi connectivity index (χ4v) is 2.76. The first-order valence-electron chi connectivity index (χ1n) is 8.19. The van der Waals surface area contributed by atoms with Crippen molar-refractivity contribution < 1.29 is 0 Å². The molecule has 0 aliphatic carbocycles. The minimum atomic E-state index is 0.0548. The monoisotopic (exact) mass is 314 g/mol. The van der Waals surface area contributed by atoms with Gasteiger partial charge in [0.15, 0.2) is 5.82 Å². The maximum absolute atomic E-state index is 4.38. The van der Waals surface area contributed by atoms with E-state index >= 15 is 0 Å². The van der Waals surface area contributed by atoms with Gasteiger partial charge < -0.3 is 10.2 Å². The summed E-state index contributed by atoms with van der Waals surface area (Å²) in [7, 11) is 1.94. The van der Waals surface area contributed by atoms with Gasteiger partial charge in [0.2, 0.25) is 0 Å². The molecule has 2 aromatic heterocycles. The van der Waals surface area contributed by atoms with Gasteiger partial charge in [-0.15, -0.1) is 5.10 Å². The second-order valence-electron chi connectivity index (χ2n) is 7.45. The normalized spacial score (nSPS) is 15.7. The molecule has 0 aromatic carbocycles. The molecule has 3 heterocycles. The van der Waals surface area contributed by atoms with Gasteiger partial charge in [0, 0.05) is 56.3 Å². The van der Waals surface area contributed by atoms with Gasteiger partial charge in [-0.1, -0.05) is 20.8 Å². The Morgan fingerprint density at radius 1 is 1.22 bits per heavy atom. The van der Waals surface area contributed by atoms with Crippen LogP contribution in [0.2, 0.25) is 0 Å². The number of aryl methyl sites for hydroxylation is 1. The first-order chi connectivity index (χ1) is 10.9. The smallest absolute Gasteiger partial charge is 0.151 e. The van der Waals surface area contributed by atoms with Crippen molar-refractivity contribution in [1.29, 1.82) is 0 Å². The Hall–Kier alpha value is -1.95. The van der Waals surface area contributed by atoms with Crippen molar-refractivity contribution in [3.63, 3.8) is 0 Å². The Morgan fingerprint density at radius 3 is 2.57 bits per heavy atom. The highest BCUT2D eigenvalue weighted by Gasteiger charge is 2.28. The molecule has 1 N–H and O–H groups in total. The number of hydrogen-bond donors (Lipinski definition) is 1. The average Bonchev–Trinajstić information content (AvgIpc) is 2.86. The number of hydrogen-bond acceptors (Lipinski definition) is 5. The molecular formula is C17H26N6. The molecule has 1 aliphatic rings. The number of nitrogens with one attached hydrogen (secondary N) is 1. The van der Waals surface area contributed by atoms with E-state index in [0.717, 1.165) is 37.7 Å². The minimum absolute atomic E-state index is 0.0548. The van der Waals surface area contributed by atoms with Crippen LogP contribution in [0.15, 0.2) is 24.5 Å². The molecule has 1 fully saturated rings. The van der Waals surface area contributed by atoms with E-state index in [1.807, 2.05) is 24.1 Å². The predicted octanol–water partition coefficient (Wildman–Crippen LogP) is 1.73. The summed E-state index contributed by atoms with van der Waals surface area (Å²) in [5, 5.41) is 16.4. The van der Waals surface area contributed by atoms with E-state index in [2.05, 4.69) is 58.4 Å². The van der Waals surface area contributed by atoms with E-state index in [1.54, 1.807) is 0 Å². The molecule has 0 amide bonds. The molecule has 6 nitrogen and oxygen atoms in total. The number of nitrogens with zero attached hydrogens (tertiary/aromatic N) is 5.